The molecule has 0 N–H and O–H groups in total. The van der Waals surface area contributed by atoms with E-state index < -0.39 is 0 Å². The zero-order valence-electron chi connectivity index (χ0n) is 14.3. The van der Waals surface area contributed by atoms with Crippen molar-refractivity contribution in [1.82, 2.24) is 4.98 Å². The summed E-state index contributed by atoms with van der Waals surface area (Å²) >= 11 is 0. The second-order valence-electron chi connectivity index (χ2n) is 5.60. The maximum absolute atomic E-state index is 4.49. The fourth-order valence-electron chi connectivity index (χ4n) is 2.32. The lowest BCUT2D eigenvalue weighted by atomic mass is 10.00. The molecule has 0 spiro atoms. The highest BCUT2D eigenvalue weighted by molar-refractivity contribution is 5.76. The number of benzene rings is 1. The summed E-state index contributed by atoms with van der Waals surface area (Å²) in [6, 6.07) is 12.9. The maximum Gasteiger partial charge on any atom is 0.0704 e. The third kappa shape index (κ3) is 5.07. The maximum atomic E-state index is 4.49. The lowest BCUT2D eigenvalue weighted by Gasteiger charge is -2.08. The number of rotatable bonds is 2. The first kappa shape index (κ1) is 17.0. The molecule has 0 fully saturated rings. The van der Waals surface area contributed by atoms with E-state index in [4.69, 9.17) is 0 Å². The fourth-order valence-corrected chi connectivity index (χ4v) is 2.32. The van der Waals surface area contributed by atoms with E-state index in [0.29, 0.717) is 0 Å². The summed E-state index contributed by atoms with van der Waals surface area (Å²) in [6.07, 6.45) is 14.8. The summed E-state index contributed by atoms with van der Waals surface area (Å²) in [5.74, 6) is 0. The highest BCUT2D eigenvalue weighted by Gasteiger charge is 2.05. The molecule has 0 atom stereocenters. The summed E-state index contributed by atoms with van der Waals surface area (Å²) < 4.78 is 0. The molecule has 1 aromatic heterocycles. The minimum absolute atomic E-state index is 1.06. The van der Waals surface area contributed by atoms with Gasteiger partial charge in [-0.2, -0.15) is 0 Å². The Morgan fingerprint density at radius 3 is 2.26 bits per heavy atom. The molecule has 3 rings (SSSR count). The van der Waals surface area contributed by atoms with E-state index in [1.54, 1.807) is 0 Å². The zero-order chi connectivity index (χ0) is 16.5. The van der Waals surface area contributed by atoms with E-state index in [2.05, 4.69) is 66.5 Å². The molecule has 1 aliphatic carbocycles. The molecule has 0 saturated carbocycles. The predicted octanol–water partition coefficient (Wildman–Crippen LogP) is 6.37. The number of hydrogen-bond acceptors (Lipinski definition) is 1. The Hall–Kier alpha value is -2.41. The van der Waals surface area contributed by atoms with Gasteiger partial charge in [0.05, 0.1) is 5.69 Å². The lowest BCUT2D eigenvalue weighted by molar-refractivity contribution is 1.04. The smallest absolute Gasteiger partial charge is 0.0704 e. The molecule has 0 amide bonds. The number of aromatic nitrogens is 1. The summed E-state index contributed by atoms with van der Waals surface area (Å²) in [5, 5.41) is 0. The first-order valence-corrected chi connectivity index (χ1v) is 8.22. The highest BCUT2D eigenvalue weighted by Crippen LogP contribution is 2.25. The second-order valence-corrected chi connectivity index (χ2v) is 5.60. The number of pyridine rings is 1. The van der Waals surface area contributed by atoms with E-state index in [1.807, 2.05) is 32.2 Å². The Kier molecular flexibility index (Phi) is 6.56. The molecule has 2 aromatic rings. The third-order valence-electron chi connectivity index (χ3n) is 3.77. The Morgan fingerprint density at radius 1 is 0.913 bits per heavy atom. The Labute approximate surface area is 140 Å². The van der Waals surface area contributed by atoms with Crippen LogP contribution in [-0.4, -0.2) is 4.98 Å². The molecule has 0 bridgehead atoms. The quantitative estimate of drug-likeness (QED) is 0.587. The molecule has 0 saturated heterocycles. The normalized spacial score (nSPS) is 13.4. The van der Waals surface area contributed by atoms with Gasteiger partial charge in [-0.25, -0.2) is 0 Å². The topological polar surface area (TPSA) is 12.9 Å². The fraction of sp³-hybridized carbons (Fsp3) is 0.227. The largest absolute Gasteiger partial charge is 0.256 e. The summed E-state index contributed by atoms with van der Waals surface area (Å²) in [6.45, 7) is 6.11. The van der Waals surface area contributed by atoms with Gasteiger partial charge in [-0.05, 0) is 62.4 Å². The van der Waals surface area contributed by atoms with Crippen molar-refractivity contribution in [3.05, 3.63) is 84.2 Å². The Balaban J connectivity index is 0.000000433. The summed E-state index contributed by atoms with van der Waals surface area (Å²) in [5.41, 5.74) is 6.06. The molecule has 0 unspecified atom stereocenters. The highest BCUT2D eigenvalue weighted by atomic mass is 14.7. The van der Waals surface area contributed by atoms with Crippen molar-refractivity contribution in [1.29, 1.82) is 0 Å². The van der Waals surface area contributed by atoms with Crippen molar-refractivity contribution in [2.45, 2.75) is 33.6 Å². The van der Waals surface area contributed by atoms with E-state index >= 15 is 0 Å². The molecule has 118 valence electrons. The van der Waals surface area contributed by atoms with Crippen molar-refractivity contribution in [3.63, 3.8) is 0 Å². The molecule has 1 heterocycles. The van der Waals surface area contributed by atoms with Crippen LogP contribution in [0.4, 0.5) is 0 Å². The molecular formula is C22H25N. The van der Waals surface area contributed by atoms with E-state index in [1.165, 1.54) is 22.3 Å². The van der Waals surface area contributed by atoms with E-state index in [-0.39, 0.29) is 0 Å². The third-order valence-corrected chi connectivity index (χ3v) is 3.77. The van der Waals surface area contributed by atoms with Crippen LogP contribution >= 0.6 is 0 Å². The SMILES string of the molecule is C/C=C\C.Cc1ccc(-c2ccnc(C3=CCCC=C3)c2)cc1. The zero-order valence-corrected chi connectivity index (χ0v) is 14.3. The second kappa shape index (κ2) is 8.89. The molecule has 23 heavy (non-hydrogen) atoms. The van der Waals surface area contributed by atoms with Crippen LogP contribution in [0.3, 0.4) is 0 Å². The lowest BCUT2D eigenvalue weighted by Crippen LogP contribution is -1.91. The van der Waals surface area contributed by atoms with Gasteiger partial charge in [0, 0.05) is 6.20 Å². The van der Waals surface area contributed by atoms with Crippen LogP contribution in [0.1, 0.15) is 37.9 Å². The van der Waals surface area contributed by atoms with Crippen molar-refractivity contribution in [2.75, 3.05) is 0 Å². The molecule has 0 radical (unpaired) electrons. The number of allylic oxidation sites excluding steroid dienone is 6. The van der Waals surface area contributed by atoms with E-state index in [0.717, 1.165) is 18.5 Å². The van der Waals surface area contributed by atoms with Crippen LogP contribution in [0.5, 0.6) is 0 Å². The average molecular weight is 303 g/mol. The van der Waals surface area contributed by atoms with Crippen molar-refractivity contribution in [2.24, 2.45) is 0 Å². The monoisotopic (exact) mass is 303 g/mol. The van der Waals surface area contributed by atoms with Gasteiger partial charge in [0.15, 0.2) is 0 Å². The minimum Gasteiger partial charge on any atom is -0.256 e. The van der Waals surface area contributed by atoms with Gasteiger partial charge in [0.2, 0.25) is 0 Å². The van der Waals surface area contributed by atoms with Crippen LogP contribution in [0.25, 0.3) is 16.7 Å². The summed E-state index contributed by atoms with van der Waals surface area (Å²) in [7, 11) is 0. The van der Waals surface area contributed by atoms with Gasteiger partial charge in [0.1, 0.15) is 0 Å². The average Bonchev–Trinajstić information content (AvgIpc) is 2.63. The Bertz CT molecular complexity index is 699. The molecule has 1 nitrogen and oxygen atoms in total. The van der Waals surface area contributed by atoms with E-state index in [9.17, 15) is 0 Å². The van der Waals surface area contributed by atoms with Crippen LogP contribution in [0.15, 0.2) is 73.0 Å². The van der Waals surface area contributed by atoms with Gasteiger partial charge >= 0.3 is 0 Å². The molecule has 1 heteroatoms. The van der Waals surface area contributed by atoms with Crippen molar-refractivity contribution in [3.8, 4) is 11.1 Å². The van der Waals surface area contributed by atoms with Gasteiger partial charge < -0.3 is 0 Å². The minimum atomic E-state index is 1.06. The first-order valence-electron chi connectivity index (χ1n) is 8.22. The predicted molar refractivity (Wildman–Crippen MR) is 101 cm³/mol. The van der Waals surface area contributed by atoms with Crippen LogP contribution < -0.4 is 0 Å². The standard InChI is InChI=1S/C18H17N.C4H8/c1-14-7-9-15(10-8-14)17-11-12-19-18(13-17)16-5-3-2-4-6-16;1-3-4-2/h3,5-13H,2,4H2,1H3;3-4H,1-2H3/b;4-3-. The van der Waals surface area contributed by atoms with Gasteiger partial charge in [-0.15, -0.1) is 0 Å². The van der Waals surface area contributed by atoms with Gasteiger partial charge in [-0.3, -0.25) is 4.98 Å². The first-order chi connectivity index (χ1) is 11.2. The number of nitrogens with zero attached hydrogens (tertiary/aromatic N) is 1. The van der Waals surface area contributed by atoms with Crippen LogP contribution in [0.2, 0.25) is 0 Å². The molecule has 1 aromatic carbocycles. The van der Waals surface area contributed by atoms with Crippen LogP contribution in [-0.2, 0) is 0 Å². The summed E-state index contributed by atoms with van der Waals surface area (Å²) in [4.78, 5) is 4.49. The van der Waals surface area contributed by atoms with Crippen molar-refractivity contribution >= 4 is 5.57 Å². The number of hydrogen-bond donors (Lipinski definition) is 0. The van der Waals surface area contributed by atoms with Crippen LogP contribution in [0, 0.1) is 6.92 Å². The Morgan fingerprint density at radius 2 is 1.65 bits per heavy atom. The van der Waals surface area contributed by atoms with Crippen molar-refractivity contribution < 1.29 is 0 Å². The molecule has 1 aliphatic rings. The van der Waals surface area contributed by atoms with Gasteiger partial charge in [-0.1, -0.05) is 60.2 Å². The number of aryl methyl sites for hydroxylation is 1. The van der Waals surface area contributed by atoms with Gasteiger partial charge in [0.25, 0.3) is 0 Å². The molecule has 0 aliphatic heterocycles. The molecular weight excluding hydrogens is 278 g/mol.